The normalized spacial score (nSPS) is 13.9. The van der Waals surface area contributed by atoms with Crippen molar-refractivity contribution in [3.8, 4) is 0 Å². The lowest BCUT2D eigenvalue weighted by atomic mass is 9.79. The van der Waals surface area contributed by atoms with Crippen molar-refractivity contribution in [2.75, 3.05) is 20.1 Å². The number of aromatic nitrogens is 1. The summed E-state index contributed by atoms with van der Waals surface area (Å²) in [5.74, 6) is 0. The fourth-order valence-electron chi connectivity index (χ4n) is 3.67. The van der Waals surface area contributed by atoms with Crippen LogP contribution in [0.15, 0.2) is 30.5 Å². The predicted molar refractivity (Wildman–Crippen MR) is 110 cm³/mol. The van der Waals surface area contributed by atoms with E-state index in [2.05, 4.69) is 87.3 Å². The van der Waals surface area contributed by atoms with Crippen molar-refractivity contribution in [3.63, 3.8) is 0 Å². The maximum absolute atomic E-state index is 3.72. The number of benzene rings is 1. The van der Waals surface area contributed by atoms with Crippen LogP contribution in [0.1, 0.15) is 59.4 Å². The maximum Gasteiger partial charge on any atom is 0.0457 e. The smallest absolute Gasteiger partial charge is 0.0457 e. The van der Waals surface area contributed by atoms with Gasteiger partial charge < -0.3 is 15.2 Å². The van der Waals surface area contributed by atoms with E-state index in [-0.39, 0.29) is 5.41 Å². The van der Waals surface area contributed by atoms with Crippen LogP contribution in [0.25, 0.3) is 10.9 Å². The van der Waals surface area contributed by atoms with Gasteiger partial charge in [-0.25, -0.2) is 0 Å². The number of H-pyrrole nitrogens is 1. The van der Waals surface area contributed by atoms with Crippen molar-refractivity contribution in [1.29, 1.82) is 0 Å². The Morgan fingerprint density at radius 3 is 2.56 bits per heavy atom. The molecule has 0 spiro atoms. The number of nitrogens with one attached hydrogen (secondary N) is 2. The Morgan fingerprint density at radius 2 is 1.84 bits per heavy atom. The Hall–Kier alpha value is -1.32. The first-order valence-electron chi connectivity index (χ1n) is 9.81. The molecule has 0 radical (unpaired) electrons. The molecule has 1 aromatic heterocycles. The molecule has 25 heavy (non-hydrogen) atoms. The molecule has 0 saturated heterocycles. The highest BCUT2D eigenvalue weighted by Gasteiger charge is 2.25. The molecule has 140 valence electrons. The second kappa shape index (κ2) is 8.86. The van der Waals surface area contributed by atoms with E-state index >= 15 is 0 Å². The van der Waals surface area contributed by atoms with E-state index < -0.39 is 0 Å². The molecule has 1 unspecified atom stereocenters. The minimum atomic E-state index is 0.157. The van der Waals surface area contributed by atoms with Crippen LogP contribution in [0.4, 0.5) is 0 Å². The van der Waals surface area contributed by atoms with Crippen LogP contribution < -0.4 is 5.32 Å². The summed E-state index contributed by atoms with van der Waals surface area (Å²) in [4.78, 5) is 5.84. The van der Waals surface area contributed by atoms with E-state index in [9.17, 15) is 0 Å². The lowest BCUT2D eigenvalue weighted by Crippen LogP contribution is -2.34. The second-order valence-electron chi connectivity index (χ2n) is 8.47. The lowest BCUT2D eigenvalue weighted by molar-refractivity contribution is 0.267. The van der Waals surface area contributed by atoms with Crippen LogP contribution in [0.3, 0.4) is 0 Å². The van der Waals surface area contributed by atoms with E-state index in [1.807, 2.05) is 0 Å². The number of hydrogen-bond donors (Lipinski definition) is 2. The number of hydrogen-bond acceptors (Lipinski definition) is 2. The van der Waals surface area contributed by atoms with Gasteiger partial charge in [0.15, 0.2) is 0 Å². The zero-order chi connectivity index (χ0) is 18.4. The Labute approximate surface area is 154 Å². The van der Waals surface area contributed by atoms with Crippen molar-refractivity contribution in [1.82, 2.24) is 15.2 Å². The van der Waals surface area contributed by atoms with E-state index in [0.717, 1.165) is 13.0 Å². The van der Waals surface area contributed by atoms with Gasteiger partial charge in [0, 0.05) is 29.2 Å². The molecule has 2 rings (SSSR count). The van der Waals surface area contributed by atoms with Gasteiger partial charge >= 0.3 is 0 Å². The zero-order valence-electron chi connectivity index (χ0n) is 17.0. The average molecular weight is 344 g/mol. The molecule has 3 nitrogen and oxygen atoms in total. The third kappa shape index (κ3) is 5.58. The highest BCUT2D eigenvalue weighted by Crippen LogP contribution is 2.33. The highest BCUT2D eigenvalue weighted by molar-refractivity contribution is 5.84. The Kier molecular flexibility index (Phi) is 7.09. The quantitative estimate of drug-likeness (QED) is 0.599. The topological polar surface area (TPSA) is 31.1 Å². The largest absolute Gasteiger partial charge is 0.361 e. The zero-order valence-corrected chi connectivity index (χ0v) is 17.0. The van der Waals surface area contributed by atoms with E-state index in [1.165, 1.54) is 35.9 Å². The molecule has 1 atom stereocenters. The molecule has 0 amide bonds. The Balaban J connectivity index is 1.80. The van der Waals surface area contributed by atoms with Gasteiger partial charge in [-0.3, -0.25) is 0 Å². The van der Waals surface area contributed by atoms with Gasteiger partial charge in [0.05, 0.1) is 0 Å². The molecule has 0 fully saturated rings. The molecule has 1 heterocycles. The summed E-state index contributed by atoms with van der Waals surface area (Å²) in [6, 6.07) is 9.77. The maximum atomic E-state index is 3.72. The first kappa shape index (κ1) is 20.0. The number of para-hydroxylation sites is 1. The standard InChI is InChI=1S/C22H37N3/c1-17(2)25(6)14-10-9-13-23-18(3)15-22(4,5)20-16-24-21-12-8-7-11-19(20)21/h7-8,11-12,16-18,23-24H,9-10,13-15H2,1-6H3. The lowest BCUT2D eigenvalue weighted by Gasteiger charge is -2.29. The van der Waals surface area contributed by atoms with Gasteiger partial charge in [-0.1, -0.05) is 32.0 Å². The van der Waals surface area contributed by atoms with E-state index in [0.29, 0.717) is 12.1 Å². The summed E-state index contributed by atoms with van der Waals surface area (Å²) in [5.41, 5.74) is 2.82. The number of aromatic amines is 1. The fraction of sp³-hybridized carbons (Fsp3) is 0.636. The molecule has 0 aliphatic carbocycles. The van der Waals surface area contributed by atoms with Crippen LogP contribution in [-0.2, 0) is 5.41 Å². The molecule has 3 heteroatoms. The first-order valence-corrected chi connectivity index (χ1v) is 9.81. The third-order valence-corrected chi connectivity index (χ3v) is 5.45. The van der Waals surface area contributed by atoms with E-state index in [1.54, 1.807) is 0 Å². The first-order chi connectivity index (χ1) is 11.8. The molecular weight excluding hydrogens is 306 g/mol. The summed E-state index contributed by atoms with van der Waals surface area (Å²) in [6.07, 6.45) is 5.84. The summed E-state index contributed by atoms with van der Waals surface area (Å²) in [7, 11) is 2.21. The van der Waals surface area contributed by atoms with Crippen LogP contribution in [-0.4, -0.2) is 42.1 Å². The molecule has 2 aromatic rings. The van der Waals surface area contributed by atoms with Gasteiger partial charge in [0.2, 0.25) is 0 Å². The SMILES string of the molecule is CC(CC(C)(C)c1c[nH]c2ccccc12)NCCCCN(C)C(C)C. The average Bonchev–Trinajstić information content (AvgIpc) is 2.98. The molecule has 0 aliphatic heterocycles. The van der Waals surface area contributed by atoms with Crippen molar-refractivity contribution >= 4 is 10.9 Å². The van der Waals surface area contributed by atoms with Gasteiger partial charge in [0.25, 0.3) is 0 Å². The number of rotatable bonds is 10. The molecule has 2 N–H and O–H groups in total. The monoisotopic (exact) mass is 343 g/mol. The van der Waals surface area contributed by atoms with Crippen LogP contribution in [0.5, 0.6) is 0 Å². The fourth-order valence-corrected chi connectivity index (χ4v) is 3.67. The van der Waals surface area contributed by atoms with Crippen molar-refractivity contribution < 1.29 is 0 Å². The minimum Gasteiger partial charge on any atom is -0.361 e. The third-order valence-electron chi connectivity index (χ3n) is 5.45. The van der Waals surface area contributed by atoms with Gasteiger partial charge in [-0.15, -0.1) is 0 Å². The van der Waals surface area contributed by atoms with E-state index in [4.69, 9.17) is 0 Å². The van der Waals surface area contributed by atoms with Crippen molar-refractivity contribution in [2.45, 2.75) is 71.4 Å². The van der Waals surface area contributed by atoms with Crippen molar-refractivity contribution in [3.05, 3.63) is 36.0 Å². The van der Waals surface area contributed by atoms with Crippen molar-refractivity contribution in [2.24, 2.45) is 0 Å². The summed E-state index contributed by atoms with van der Waals surface area (Å²) in [5, 5.41) is 5.08. The Morgan fingerprint density at radius 1 is 1.12 bits per heavy atom. The molecular formula is C22H37N3. The van der Waals surface area contributed by atoms with Gasteiger partial charge in [-0.05, 0) is 77.2 Å². The number of nitrogens with zero attached hydrogens (tertiary/aromatic N) is 1. The highest BCUT2D eigenvalue weighted by atomic mass is 15.1. The van der Waals surface area contributed by atoms with Crippen LogP contribution in [0, 0.1) is 0 Å². The summed E-state index contributed by atoms with van der Waals surface area (Å²) in [6.45, 7) is 13.8. The molecule has 0 aliphatic rings. The number of fused-ring (bicyclic) bond motifs is 1. The van der Waals surface area contributed by atoms with Crippen LogP contribution >= 0.6 is 0 Å². The van der Waals surface area contributed by atoms with Gasteiger partial charge in [0.1, 0.15) is 0 Å². The Bertz CT molecular complexity index is 642. The predicted octanol–water partition coefficient (Wildman–Crippen LogP) is 4.93. The summed E-state index contributed by atoms with van der Waals surface area (Å²) >= 11 is 0. The minimum absolute atomic E-state index is 0.157. The number of unbranched alkanes of at least 4 members (excludes halogenated alkanes) is 1. The second-order valence-corrected chi connectivity index (χ2v) is 8.47. The summed E-state index contributed by atoms with van der Waals surface area (Å²) < 4.78 is 0. The molecule has 0 bridgehead atoms. The van der Waals surface area contributed by atoms with Gasteiger partial charge in [-0.2, -0.15) is 0 Å². The van der Waals surface area contributed by atoms with Crippen LogP contribution in [0.2, 0.25) is 0 Å². The molecule has 0 saturated carbocycles. The molecule has 1 aromatic carbocycles.